The first-order chi connectivity index (χ1) is 7.31. The molecule has 0 radical (unpaired) electrons. The topological polar surface area (TPSA) is 42.4 Å². The van der Waals surface area contributed by atoms with Crippen LogP contribution in [0.1, 0.15) is 16.9 Å². The number of hydrogen-bond donors (Lipinski definition) is 0. The van der Waals surface area contributed by atoms with Crippen molar-refractivity contribution in [3.8, 4) is 0 Å². The molecule has 2 rings (SSSR count). The second kappa shape index (κ2) is 4.40. The molecule has 0 saturated carbocycles. The van der Waals surface area contributed by atoms with Gasteiger partial charge in [0.15, 0.2) is 6.29 Å². The highest BCUT2D eigenvalue weighted by Crippen LogP contribution is 2.18. The fraction of sp³-hybridized carbons (Fsp3) is 0.455. The molecule has 80 valence electrons. The van der Waals surface area contributed by atoms with Gasteiger partial charge in [-0.2, -0.15) is 0 Å². The van der Waals surface area contributed by atoms with E-state index in [1.807, 2.05) is 13.1 Å². The molecule has 2 heterocycles. The van der Waals surface area contributed by atoms with Crippen LogP contribution in [-0.2, 0) is 4.74 Å². The fourth-order valence-corrected chi connectivity index (χ4v) is 1.71. The van der Waals surface area contributed by atoms with E-state index in [1.165, 1.54) is 0 Å². The van der Waals surface area contributed by atoms with Gasteiger partial charge in [0, 0.05) is 13.7 Å². The number of carbonyl (C=O) groups excluding carboxylic acids is 1. The third-order valence-electron chi connectivity index (χ3n) is 2.75. The highest BCUT2D eigenvalue weighted by Gasteiger charge is 2.20. The van der Waals surface area contributed by atoms with E-state index in [-0.39, 0.29) is 0 Å². The number of carbonyl (C=O) groups is 1. The highest BCUT2D eigenvalue weighted by atomic mass is 16.5. The molecular formula is C11H14N2O2. The first-order valence-corrected chi connectivity index (χ1v) is 5.03. The molecule has 0 aromatic carbocycles. The lowest BCUT2D eigenvalue weighted by Gasteiger charge is -2.24. The van der Waals surface area contributed by atoms with Gasteiger partial charge < -0.3 is 9.64 Å². The van der Waals surface area contributed by atoms with Gasteiger partial charge in [0.1, 0.15) is 5.69 Å². The number of pyridine rings is 1. The van der Waals surface area contributed by atoms with Gasteiger partial charge in [0.05, 0.1) is 24.5 Å². The van der Waals surface area contributed by atoms with Gasteiger partial charge in [-0.3, -0.25) is 9.78 Å². The summed E-state index contributed by atoms with van der Waals surface area (Å²) >= 11 is 0. The summed E-state index contributed by atoms with van der Waals surface area (Å²) in [6.45, 7) is 1.60. The van der Waals surface area contributed by atoms with E-state index in [1.54, 1.807) is 12.3 Å². The van der Waals surface area contributed by atoms with Gasteiger partial charge in [-0.1, -0.05) is 0 Å². The number of hydrogen-bond acceptors (Lipinski definition) is 4. The number of aldehydes is 1. The normalized spacial score (nSPS) is 20.2. The smallest absolute Gasteiger partial charge is 0.168 e. The van der Waals surface area contributed by atoms with Gasteiger partial charge in [0.2, 0.25) is 0 Å². The Bertz CT molecular complexity index is 331. The van der Waals surface area contributed by atoms with Crippen LogP contribution < -0.4 is 4.90 Å². The molecule has 4 heteroatoms. The second-order valence-electron chi connectivity index (χ2n) is 3.69. The van der Waals surface area contributed by atoms with Gasteiger partial charge in [0.25, 0.3) is 0 Å². The molecule has 15 heavy (non-hydrogen) atoms. The van der Waals surface area contributed by atoms with Gasteiger partial charge >= 0.3 is 0 Å². The van der Waals surface area contributed by atoms with Crippen LogP contribution in [0.3, 0.4) is 0 Å². The molecular weight excluding hydrogens is 192 g/mol. The van der Waals surface area contributed by atoms with Crippen molar-refractivity contribution in [2.24, 2.45) is 0 Å². The van der Waals surface area contributed by atoms with Crippen molar-refractivity contribution < 1.29 is 9.53 Å². The van der Waals surface area contributed by atoms with Crippen LogP contribution in [0.25, 0.3) is 0 Å². The maximum Gasteiger partial charge on any atom is 0.168 e. The van der Waals surface area contributed by atoms with E-state index >= 15 is 0 Å². The Hall–Kier alpha value is -1.42. The van der Waals surface area contributed by atoms with Crippen LogP contribution in [0.2, 0.25) is 0 Å². The summed E-state index contributed by atoms with van der Waals surface area (Å²) in [4.78, 5) is 16.6. The molecule has 0 spiro atoms. The minimum Gasteiger partial charge on any atom is -0.379 e. The summed E-state index contributed by atoms with van der Waals surface area (Å²) in [6.07, 6.45) is 3.52. The van der Waals surface area contributed by atoms with Crippen molar-refractivity contribution in [3.63, 3.8) is 0 Å². The van der Waals surface area contributed by atoms with E-state index in [2.05, 4.69) is 9.88 Å². The zero-order valence-electron chi connectivity index (χ0n) is 8.72. The van der Waals surface area contributed by atoms with Crippen LogP contribution in [0.5, 0.6) is 0 Å². The minimum atomic E-state index is 0.425. The summed E-state index contributed by atoms with van der Waals surface area (Å²) < 4.78 is 5.33. The molecule has 1 aromatic rings. The van der Waals surface area contributed by atoms with Crippen LogP contribution in [0.15, 0.2) is 18.3 Å². The van der Waals surface area contributed by atoms with Crippen molar-refractivity contribution in [2.45, 2.75) is 12.5 Å². The molecule has 4 nitrogen and oxygen atoms in total. The Kier molecular flexibility index (Phi) is 2.97. The lowest BCUT2D eigenvalue weighted by Crippen LogP contribution is -2.31. The van der Waals surface area contributed by atoms with Gasteiger partial charge in [-0.15, -0.1) is 0 Å². The van der Waals surface area contributed by atoms with Crippen LogP contribution in [-0.4, -0.2) is 37.6 Å². The van der Waals surface area contributed by atoms with E-state index in [4.69, 9.17) is 4.74 Å². The highest BCUT2D eigenvalue weighted by molar-refractivity contribution is 5.72. The van der Waals surface area contributed by atoms with E-state index < -0.39 is 0 Å². The Morgan fingerprint density at radius 1 is 1.60 bits per heavy atom. The molecule has 1 unspecified atom stereocenters. The number of ether oxygens (including phenoxy) is 1. The summed E-state index contributed by atoms with van der Waals surface area (Å²) in [5, 5.41) is 0. The second-order valence-corrected chi connectivity index (χ2v) is 3.69. The third-order valence-corrected chi connectivity index (χ3v) is 2.75. The molecule has 1 aliphatic rings. The molecule has 0 aliphatic carbocycles. The zero-order valence-corrected chi connectivity index (χ0v) is 8.72. The first kappa shape index (κ1) is 10.1. The molecule has 1 aliphatic heterocycles. The predicted molar refractivity (Wildman–Crippen MR) is 57.3 cm³/mol. The largest absolute Gasteiger partial charge is 0.379 e. The summed E-state index contributed by atoms with van der Waals surface area (Å²) in [5.74, 6) is 0. The number of rotatable bonds is 3. The zero-order chi connectivity index (χ0) is 10.7. The maximum atomic E-state index is 10.4. The number of likely N-dealkylation sites (N-methyl/N-ethyl adjacent to an activating group) is 1. The quantitative estimate of drug-likeness (QED) is 0.695. The predicted octanol–water partition coefficient (Wildman–Crippen LogP) is 1.12. The van der Waals surface area contributed by atoms with Crippen molar-refractivity contribution in [2.75, 3.05) is 25.2 Å². The molecule has 1 aromatic heterocycles. The summed E-state index contributed by atoms with van der Waals surface area (Å²) in [5.41, 5.74) is 1.49. The lowest BCUT2D eigenvalue weighted by atomic mass is 10.2. The third kappa shape index (κ3) is 2.15. The number of aromatic nitrogens is 1. The van der Waals surface area contributed by atoms with Gasteiger partial charge in [-0.25, -0.2) is 0 Å². The van der Waals surface area contributed by atoms with Crippen LogP contribution in [0.4, 0.5) is 5.69 Å². The van der Waals surface area contributed by atoms with E-state index in [0.717, 1.165) is 31.6 Å². The average molecular weight is 206 g/mol. The van der Waals surface area contributed by atoms with Crippen LogP contribution >= 0.6 is 0 Å². The Balaban J connectivity index is 2.10. The van der Waals surface area contributed by atoms with E-state index in [0.29, 0.717) is 11.7 Å². The van der Waals surface area contributed by atoms with Crippen molar-refractivity contribution in [1.29, 1.82) is 0 Å². The summed E-state index contributed by atoms with van der Waals surface area (Å²) in [6, 6.07) is 4.07. The Morgan fingerprint density at radius 2 is 2.47 bits per heavy atom. The number of anilines is 1. The number of nitrogens with zero attached hydrogens (tertiary/aromatic N) is 2. The monoisotopic (exact) mass is 206 g/mol. The standard InChI is InChI=1S/C11H14N2O2/c1-13(11-4-5-15-8-11)10-3-2-9(7-14)12-6-10/h2-3,6-7,11H,4-5,8H2,1H3. The fourth-order valence-electron chi connectivity index (χ4n) is 1.71. The van der Waals surface area contributed by atoms with Gasteiger partial charge in [-0.05, 0) is 18.6 Å². The van der Waals surface area contributed by atoms with Crippen molar-refractivity contribution in [1.82, 2.24) is 4.98 Å². The Labute approximate surface area is 88.9 Å². The van der Waals surface area contributed by atoms with Crippen molar-refractivity contribution in [3.05, 3.63) is 24.0 Å². The molecule has 1 saturated heterocycles. The first-order valence-electron chi connectivity index (χ1n) is 5.03. The lowest BCUT2D eigenvalue weighted by molar-refractivity contribution is 0.111. The summed E-state index contributed by atoms with van der Waals surface area (Å²) in [7, 11) is 2.02. The Morgan fingerprint density at radius 3 is 3.00 bits per heavy atom. The molecule has 0 bridgehead atoms. The van der Waals surface area contributed by atoms with Crippen molar-refractivity contribution >= 4 is 12.0 Å². The average Bonchev–Trinajstić information content (AvgIpc) is 2.82. The SMILES string of the molecule is CN(c1ccc(C=O)nc1)C1CCOC1. The van der Waals surface area contributed by atoms with Crippen LogP contribution in [0, 0.1) is 0 Å². The minimum absolute atomic E-state index is 0.425. The molecule has 1 fully saturated rings. The maximum absolute atomic E-state index is 10.4. The van der Waals surface area contributed by atoms with E-state index in [9.17, 15) is 4.79 Å². The molecule has 0 N–H and O–H groups in total. The molecule has 0 amide bonds. The molecule has 1 atom stereocenters.